The van der Waals surface area contributed by atoms with Gasteiger partial charge in [0.15, 0.2) is 0 Å². The Bertz CT molecular complexity index is 686. The van der Waals surface area contributed by atoms with E-state index in [1.54, 1.807) is 14.1 Å². The summed E-state index contributed by atoms with van der Waals surface area (Å²) < 4.78 is 33.8. The van der Waals surface area contributed by atoms with Gasteiger partial charge in [0.2, 0.25) is 15.9 Å². The van der Waals surface area contributed by atoms with Crippen LogP contribution in [0.1, 0.15) is 6.42 Å². The van der Waals surface area contributed by atoms with E-state index in [4.69, 9.17) is 4.74 Å². The van der Waals surface area contributed by atoms with E-state index in [0.29, 0.717) is 26.2 Å². The Kier molecular flexibility index (Phi) is 3.74. The van der Waals surface area contributed by atoms with Gasteiger partial charge in [0, 0.05) is 45.9 Å². The lowest BCUT2D eigenvalue weighted by Gasteiger charge is -2.36. The van der Waals surface area contributed by atoms with E-state index in [1.165, 1.54) is 21.4 Å². The van der Waals surface area contributed by atoms with E-state index in [0.717, 1.165) is 0 Å². The molecule has 0 bridgehead atoms. The maximum Gasteiger partial charge on any atom is 0.246 e. The number of ether oxygens (including phenoxy) is 1. The van der Waals surface area contributed by atoms with Gasteiger partial charge < -0.3 is 10.1 Å². The highest BCUT2D eigenvalue weighted by atomic mass is 32.2. The monoisotopic (exact) mass is 328 g/mol. The van der Waals surface area contributed by atoms with Crippen molar-refractivity contribution in [2.75, 3.05) is 33.4 Å². The number of nitrogens with one attached hydrogen (secondary N) is 1. The Labute approximate surface area is 129 Å². The van der Waals surface area contributed by atoms with Gasteiger partial charge in [-0.3, -0.25) is 9.48 Å². The van der Waals surface area contributed by atoms with Crippen LogP contribution in [0.25, 0.3) is 0 Å². The van der Waals surface area contributed by atoms with E-state index >= 15 is 0 Å². The Hall–Kier alpha value is -1.45. The minimum absolute atomic E-state index is 0.107. The van der Waals surface area contributed by atoms with Crippen molar-refractivity contribution >= 4 is 15.9 Å². The molecule has 0 aliphatic carbocycles. The summed E-state index contributed by atoms with van der Waals surface area (Å²) in [6.07, 6.45) is 3.34. The Balaban J connectivity index is 1.93. The Morgan fingerprint density at radius 3 is 2.95 bits per heavy atom. The third-order valence-electron chi connectivity index (χ3n) is 4.67. The summed E-state index contributed by atoms with van der Waals surface area (Å²) >= 11 is 0. The molecule has 0 radical (unpaired) electrons. The molecule has 0 saturated carbocycles. The summed E-state index contributed by atoms with van der Waals surface area (Å²) in [6, 6.07) is 0. The van der Waals surface area contributed by atoms with Crippen LogP contribution >= 0.6 is 0 Å². The third-order valence-corrected chi connectivity index (χ3v) is 6.44. The molecular formula is C13H20N4O4S. The van der Waals surface area contributed by atoms with E-state index in [2.05, 4.69) is 10.4 Å². The van der Waals surface area contributed by atoms with Crippen molar-refractivity contribution in [1.29, 1.82) is 0 Å². The van der Waals surface area contributed by atoms with E-state index < -0.39 is 15.4 Å². The number of sulfonamides is 1. The average molecular weight is 328 g/mol. The summed E-state index contributed by atoms with van der Waals surface area (Å²) in [5.41, 5.74) is -0.692. The summed E-state index contributed by atoms with van der Waals surface area (Å²) in [5.74, 6) is -0.225. The van der Waals surface area contributed by atoms with Crippen LogP contribution in [0.15, 0.2) is 17.3 Å². The maximum absolute atomic E-state index is 12.7. The lowest BCUT2D eigenvalue weighted by Crippen LogP contribution is -2.49. The average Bonchev–Trinajstić information content (AvgIpc) is 3.11. The van der Waals surface area contributed by atoms with Crippen molar-refractivity contribution in [3.8, 4) is 0 Å². The second kappa shape index (κ2) is 5.32. The lowest BCUT2D eigenvalue weighted by molar-refractivity contribution is -0.138. The molecule has 0 spiro atoms. The molecule has 2 aliphatic rings. The van der Waals surface area contributed by atoms with Crippen LogP contribution in [0.3, 0.4) is 0 Å². The van der Waals surface area contributed by atoms with Gasteiger partial charge >= 0.3 is 0 Å². The first-order valence-corrected chi connectivity index (χ1v) is 8.63. The van der Waals surface area contributed by atoms with Crippen molar-refractivity contribution in [2.24, 2.45) is 18.4 Å². The van der Waals surface area contributed by atoms with Crippen molar-refractivity contribution in [3.63, 3.8) is 0 Å². The molecule has 1 aromatic heterocycles. The van der Waals surface area contributed by atoms with Crippen molar-refractivity contribution in [1.82, 2.24) is 19.4 Å². The molecule has 9 heteroatoms. The van der Waals surface area contributed by atoms with Crippen LogP contribution in [0.4, 0.5) is 0 Å². The minimum Gasteiger partial charge on any atom is -0.381 e. The predicted octanol–water partition coefficient (Wildman–Crippen LogP) is -0.807. The molecule has 22 heavy (non-hydrogen) atoms. The van der Waals surface area contributed by atoms with Gasteiger partial charge in [0.1, 0.15) is 4.90 Å². The molecule has 1 N–H and O–H groups in total. The van der Waals surface area contributed by atoms with Gasteiger partial charge in [0.25, 0.3) is 0 Å². The molecule has 0 unspecified atom stereocenters. The molecule has 1 amide bonds. The highest BCUT2D eigenvalue weighted by Gasteiger charge is 2.55. The second-order valence-corrected chi connectivity index (χ2v) is 7.84. The van der Waals surface area contributed by atoms with Crippen LogP contribution in [0, 0.1) is 11.3 Å². The smallest absolute Gasteiger partial charge is 0.246 e. The fraction of sp³-hybridized carbons (Fsp3) is 0.692. The number of aromatic nitrogens is 2. The zero-order valence-electron chi connectivity index (χ0n) is 12.7. The lowest BCUT2D eigenvalue weighted by atomic mass is 9.73. The van der Waals surface area contributed by atoms with E-state index in [9.17, 15) is 13.2 Å². The summed E-state index contributed by atoms with van der Waals surface area (Å²) in [7, 11) is -0.387. The van der Waals surface area contributed by atoms with Gasteiger partial charge in [0.05, 0.1) is 18.2 Å². The van der Waals surface area contributed by atoms with Crippen molar-refractivity contribution < 1.29 is 17.9 Å². The normalized spacial score (nSPS) is 29.3. The first kappa shape index (κ1) is 15.4. The number of fused-ring (bicyclic) bond motifs is 1. The van der Waals surface area contributed by atoms with Gasteiger partial charge in [-0.1, -0.05) is 0 Å². The minimum atomic E-state index is -3.64. The number of carbonyl (C=O) groups excluding carboxylic acids is 1. The van der Waals surface area contributed by atoms with Crippen LogP contribution in [-0.4, -0.2) is 61.8 Å². The zero-order valence-corrected chi connectivity index (χ0v) is 13.5. The molecule has 2 atom stereocenters. The van der Waals surface area contributed by atoms with Crippen molar-refractivity contribution in [3.05, 3.63) is 12.4 Å². The van der Waals surface area contributed by atoms with Gasteiger partial charge in [-0.2, -0.15) is 9.40 Å². The number of aryl methyl sites for hydroxylation is 1. The molecular weight excluding hydrogens is 308 g/mol. The van der Waals surface area contributed by atoms with Crippen LogP contribution in [0.5, 0.6) is 0 Å². The number of carbonyl (C=O) groups is 1. The van der Waals surface area contributed by atoms with Crippen LogP contribution < -0.4 is 5.32 Å². The molecule has 122 valence electrons. The largest absolute Gasteiger partial charge is 0.381 e. The predicted molar refractivity (Wildman–Crippen MR) is 77.4 cm³/mol. The number of hydrogen-bond acceptors (Lipinski definition) is 5. The second-order valence-electron chi connectivity index (χ2n) is 5.90. The van der Waals surface area contributed by atoms with Gasteiger partial charge in [-0.05, 0) is 6.42 Å². The van der Waals surface area contributed by atoms with Crippen LogP contribution in [-0.2, 0) is 26.6 Å². The molecule has 3 rings (SSSR count). The summed E-state index contributed by atoms with van der Waals surface area (Å²) in [6.45, 7) is 1.37. The third kappa shape index (κ3) is 2.24. The maximum atomic E-state index is 12.7. The van der Waals surface area contributed by atoms with Crippen molar-refractivity contribution in [2.45, 2.75) is 11.3 Å². The highest BCUT2D eigenvalue weighted by Crippen LogP contribution is 2.44. The highest BCUT2D eigenvalue weighted by molar-refractivity contribution is 7.89. The first-order chi connectivity index (χ1) is 10.4. The molecule has 3 heterocycles. The summed E-state index contributed by atoms with van der Waals surface area (Å²) in [4.78, 5) is 12.5. The molecule has 0 aromatic carbocycles. The molecule has 8 nitrogen and oxygen atoms in total. The number of rotatable bonds is 3. The van der Waals surface area contributed by atoms with Gasteiger partial charge in [-0.25, -0.2) is 8.42 Å². The Morgan fingerprint density at radius 1 is 1.55 bits per heavy atom. The topological polar surface area (TPSA) is 93.5 Å². The Morgan fingerprint density at radius 2 is 2.32 bits per heavy atom. The number of hydrogen-bond donors (Lipinski definition) is 1. The standard InChI is InChI=1S/C13H20N4O4S/c1-14-12(18)13-3-4-21-8-10(13)6-17(9-13)22(19,20)11-5-15-16(2)7-11/h5,7,10H,3-4,6,8-9H2,1-2H3,(H,14,18)/t10-,13+/m1/s1. The molecule has 2 saturated heterocycles. The van der Waals surface area contributed by atoms with Gasteiger partial charge in [-0.15, -0.1) is 0 Å². The zero-order chi connectivity index (χ0) is 16.0. The summed E-state index contributed by atoms with van der Waals surface area (Å²) in [5, 5.41) is 6.60. The first-order valence-electron chi connectivity index (χ1n) is 7.19. The SMILES string of the molecule is CNC(=O)[C@]12CCOC[C@H]1CN(S(=O)(=O)c1cnn(C)c1)C2. The fourth-order valence-corrected chi connectivity index (χ4v) is 4.93. The molecule has 1 aromatic rings. The number of amides is 1. The fourth-order valence-electron chi connectivity index (χ4n) is 3.39. The quantitative estimate of drug-likeness (QED) is 0.783. The number of nitrogens with zero attached hydrogens (tertiary/aromatic N) is 3. The molecule has 2 fully saturated rings. The van der Waals surface area contributed by atoms with E-state index in [1.807, 2.05) is 0 Å². The van der Waals surface area contributed by atoms with E-state index in [-0.39, 0.29) is 23.3 Å². The molecule has 2 aliphatic heterocycles. The van der Waals surface area contributed by atoms with Crippen LogP contribution in [0.2, 0.25) is 0 Å².